The van der Waals surface area contributed by atoms with Crippen LogP contribution in [-0.4, -0.2) is 55.0 Å². The zero-order chi connectivity index (χ0) is 24.4. The lowest BCUT2D eigenvalue weighted by Gasteiger charge is -2.34. The number of rotatable bonds is 6. The molecule has 1 atom stereocenters. The molecule has 35 heavy (non-hydrogen) atoms. The molecule has 2 aliphatic heterocycles. The molecule has 0 bridgehead atoms. The molecular weight excluding hydrogens is 446 g/mol. The van der Waals surface area contributed by atoms with Crippen molar-refractivity contribution in [3.05, 3.63) is 53.7 Å². The number of hydrogen-bond acceptors (Lipinski definition) is 8. The second-order valence-electron chi connectivity index (χ2n) is 9.07. The number of nitrogens with zero attached hydrogens (tertiary/aromatic N) is 4. The summed E-state index contributed by atoms with van der Waals surface area (Å²) in [6.45, 7) is 7.92. The average molecular weight is 475 g/mol. The van der Waals surface area contributed by atoms with Gasteiger partial charge in [0.1, 0.15) is 12.2 Å². The number of ether oxygens (including phenoxy) is 3. The van der Waals surface area contributed by atoms with E-state index in [0.29, 0.717) is 17.0 Å². The minimum absolute atomic E-state index is 0.272. The molecule has 1 fully saturated rings. The fourth-order valence-corrected chi connectivity index (χ4v) is 4.51. The van der Waals surface area contributed by atoms with Gasteiger partial charge >= 0.3 is 5.97 Å². The van der Waals surface area contributed by atoms with Crippen LogP contribution in [-0.2, 0) is 16.1 Å². The van der Waals surface area contributed by atoms with Crippen LogP contribution in [0.1, 0.15) is 31.0 Å². The minimum atomic E-state index is -1.14. The lowest BCUT2D eigenvalue weighted by atomic mass is 10.1. The van der Waals surface area contributed by atoms with Gasteiger partial charge in [0.05, 0.1) is 49.4 Å². The van der Waals surface area contributed by atoms with Gasteiger partial charge in [-0.15, -0.1) is 0 Å². The molecule has 0 unspecified atom stereocenters. The molecular formula is C26H28N5O4+. The monoisotopic (exact) mass is 474 g/mol. The number of quaternary nitrogens is 1. The SMILES string of the molecule is CC(C)OC(=O)[C@H](C#N)c1nc2ccccc2nc1N1CC[NH+](Cc2ccc3c(c2)OCO3)CC1. The Balaban J connectivity index is 1.37. The Kier molecular flexibility index (Phi) is 6.38. The summed E-state index contributed by atoms with van der Waals surface area (Å²) >= 11 is 0. The Morgan fingerprint density at radius 3 is 2.54 bits per heavy atom. The lowest BCUT2D eigenvalue weighted by molar-refractivity contribution is -0.914. The molecule has 1 aromatic heterocycles. The molecule has 0 radical (unpaired) electrons. The topological polar surface area (TPSA) is 102 Å². The summed E-state index contributed by atoms with van der Waals surface area (Å²) in [6.07, 6.45) is -0.321. The van der Waals surface area contributed by atoms with Gasteiger partial charge in [-0.2, -0.15) is 5.26 Å². The second-order valence-corrected chi connectivity index (χ2v) is 9.07. The van der Waals surface area contributed by atoms with Gasteiger partial charge in [0, 0.05) is 5.56 Å². The smallest absolute Gasteiger partial charge is 0.329 e. The van der Waals surface area contributed by atoms with Crippen LogP contribution in [0, 0.1) is 11.3 Å². The summed E-state index contributed by atoms with van der Waals surface area (Å²) in [4.78, 5) is 25.9. The lowest BCUT2D eigenvalue weighted by Crippen LogP contribution is -3.13. The Morgan fingerprint density at radius 1 is 1.11 bits per heavy atom. The van der Waals surface area contributed by atoms with E-state index in [1.807, 2.05) is 36.4 Å². The number of nitrogens with one attached hydrogen (secondary N) is 1. The van der Waals surface area contributed by atoms with E-state index in [1.54, 1.807) is 13.8 Å². The van der Waals surface area contributed by atoms with Crippen molar-refractivity contribution in [3.63, 3.8) is 0 Å². The maximum absolute atomic E-state index is 12.7. The molecule has 9 nitrogen and oxygen atoms in total. The van der Waals surface area contributed by atoms with Gasteiger partial charge in [0.25, 0.3) is 0 Å². The summed E-state index contributed by atoms with van der Waals surface area (Å²) in [7, 11) is 0. The van der Waals surface area contributed by atoms with Crippen molar-refractivity contribution in [1.29, 1.82) is 5.26 Å². The third-order valence-electron chi connectivity index (χ3n) is 6.23. The maximum Gasteiger partial charge on any atom is 0.329 e. The number of para-hydroxylation sites is 2. The van der Waals surface area contributed by atoms with Crippen molar-refractivity contribution >= 4 is 22.8 Å². The van der Waals surface area contributed by atoms with Crippen LogP contribution >= 0.6 is 0 Å². The number of nitriles is 1. The summed E-state index contributed by atoms with van der Waals surface area (Å²) in [5, 5.41) is 9.87. The highest BCUT2D eigenvalue weighted by Gasteiger charge is 2.32. The zero-order valence-corrected chi connectivity index (χ0v) is 19.9. The summed E-state index contributed by atoms with van der Waals surface area (Å²) < 4.78 is 16.3. The number of hydrogen-bond donors (Lipinski definition) is 1. The molecule has 5 rings (SSSR count). The van der Waals surface area contributed by atoms with Crippen molar-refractivity contribution < 1.29 is 23.9 Å². The number of aromatic nitrogens is 2. The molecule has 0 aliphatic carbocycles. The molecule has 180 valence electrons. The molecule has 3 heterocycles. The molecule has 0 spiro atoms. The van der Waals surface area contributed by atoms with Crippen molar-refractivity contribution in [3.8, 4) is 17.6 Å². The van der Waals surface area contributed by atoms with E-state index >= 15 is 0 Å². The standard InChI is InChI=1S/C26H27N5O4/c1-17(2)35-26(32)19(14-27)24-25(29-21-6-4-3-5-20(21)28-24)31-11-9-30(10-12-31)15-18-7-8-22-23(13-18)34-16-33-22/h3-8,13,17,19H,9-12,15-16H2,1-2H3/p+1/t19-/m1/s1. The summed E-state index contributed by atoms with van der Waals surface area (Å²) in [5.41, 5.74) is 2.94. The molecule has 0 amide bonds. The van der Waals surface area contributed by atoms with Crippen molar-refractivity contribution in [1.82, 2.24) is 9.97 Å². The van der Waals surface area contributed by atoms with E-state index in [9.17, 15) is 10.1 Å². The highest BCUT2D eigenvalue weighted by Crippen LogP contribution is 2.32. The average Bonchev–Trinajstić information content (AvgIpc) is 3.32. The van der Waals surface area contributed by atoms with Crippen LogP contribution in [0.5, 0.6) is 11.5 Å². The molecule has 2 aliphatic rings. The zero-order valence-electron chi connectivity index (χ0n) is 19.9. The van der Waals surface area contributed by atoms with Gasteiger partial charge in [0.15, 0.2) is 23.2 Å². The van der Waals surface area contributed by atoms with Crippen LogP contribution in [0.25, 0.3) is 11.0 Å². The quantitative estimate of drug-likeness (QED) is 0.540. The van der Waals surface area contributed by atoms with E-state index in [-0.39, 0.29) is 12.9 Å². The van der Waals surface area contributed by atoms with Crippen LogP contribution in [0.15, 0.2) is 42.5 Å². The van der Waals surface area contributed by atoms with E-state index in [1.165, 1.54) is 10.5 Å². The maximum atomic E-state index is 12.7. The van der Waals surface area contributed by atoms with Gasteiger partial charge in [-0.05, 0) is 44.2 Å². The summed E-state index contributed by atoms with van der Waals surface area (Å²) in [5.74, 6) is 0.438. The first-order chi connectivity index (χ1) is 17.0. The predicted octanol–water partition coefficient (Wildman–Crippen LogP) is 1.82. The Labute approximate surface area is 203 Å². The van der Waals surface area contributed by atoms with Crippen molar-refractivity contribution in [2.24, 2.45) is 0 Å². The second kappa shape index (κ2) is 9.76. The fraction of sp³-hybridized carbons (Fsp3) is 0.385. The third kappa shape index (κ3) is 4.84. The Morgan fingerprint density at radius 2 is 1.83 bits per heavy atom. The highest BCUT2D eigenvalue weighted by atomic mass is 16.7. The number of piperazine rings is 1. The number of carbonyl (C=O) groups excluding carboxylic acids is 1. The third-order valence-corrected chi connectivity index (χ3v) is 6.23. The number of benzene rings is 2. The first-order valence-electron chi connectivity index (χ1n) is 11.9. The number of fused-ring (bicyclic) bond motifs is 2. The first-order valence-corrected chi connectivity index (χ1v) is 11.9. The Hall–Kier alpha value is -3.90. The molecule has 0 saturated carbocycles. The molecule has 1 N–H and O–H groups in total. The fourth-order valence-electron chi connectivity index (χ4n) is 4.51. The highest BCUT2D eigenvalue weighted by molar-refractivity contribution is 5.85. The Bertz CT molecular complexity index is 1280. The predicted molar refractivity (Wildman–Crippen MR) is 128 cm³/mol. The number of carbonyl (C=O) groups is 1. The normalized spacial score (nSPS) is 16.3. The first kappa shape index (κ1) is 22.9. The van der Waals surface area contributed by atoms with Gasteiger partial charge < -0.3 is 24.0 Å². The van der Waals surface area contributed by atoms with Crippen molar-refractivity contribution in [2.75, 3.05) is 37.9 Å². The minimum Gasteiger partial charge on any atom is -0.462 e. The van der Waals surface area contributed by atoms with Gasteiger partial charge in [-0.3, -0.25) is 4.79 Å². The van der Waals surface area contributed by atoms with Crippen LogP contribution in [0.4, 0.5) is 5.82 Å². The van der Waals surface area contributed by atoms with Gasteiger partial charge in [0.2, 0.25) is 6.79 Å². The van der Waals surface area contributed by atoms with Gasteiger partial charge in [-0.25, -0.2) is 9.97 Å². The van der Waals surface area contributed by atoms with E-state index < -0.39 is 11.9 Å². The van der Waals surface area contributed by atoms with Gasteiger partial charge in [-0.1, -0.05) is 12.1 Å². The van der Waals surface area contributed by atoms with Crippen molar-refractivity contribution in [2.45, 2.75) is 32.4 Å². The molecule has 9 heteroatoms. The molecule has 3 aromatic rings. The molecule has 2 aromatic carbocycles. The van der Waals surface area contributed by atoms with Crippen LogP contribution in [0.3, 0.4) is 0 Å². The van der Waals surface area contributed by atoms with Crippen LogP contribution in [0.2, 0.25) is 0 Å². The van der Waals surface area contributed by atoms with E-state index in [4.69, 9.17) is 24.2 Å². The van der Waals surface area contributed by atoms with Crippen LogP contribution < -0.4 is 19.3 Å². The van der Waals surface area contributed by atoms with E-state index in [2.05, 4.69) is 17.0 Å². The largest absolute Gasteiger partial charge is 0.462 e. The number of anilines is 1. The van der Waals surface area contributed by atoms with E-state index in [0.717, 1.165) is 49.7 Å². The number of esters is 1. The summed E-state index contributed by atoms with van der Waals surface area (Å²) in [6, 6.07) is 15.7. The molecule has 1 saturated heterocycles.